The topological polar surface area (TPSA) is 91.2 Å². The van der Waals surface area contributed by atoms with E-state index in [1.54, 1.807) is 12.1 Å². The third-order valence-corrected chi connectivity index (χ3v) is 6.96. The first kappa shape index (κ1) is 24.0. The monoisotopic (exact) mass is 499 g/mol. The highest BCUT2D eigenvalue weighted by Gasteiger charge is 2.29. The Labute approximate surface area is 213 Å². The molecule has 2 aliphatic heterocycles. The van der Waals surface area contributed by atoms with Crippen LogP contribution in [0.4, 0.5) is 5.69 Å². The summed E-state index contributed by atoms with van der Waals surface area (Å²) >= 11 is 1.28. The van der Waals surface area contributed by atoms with Crippen LogP contribution in [-0.4, -0.2) is 53.4 Å². The van der Waals surface area contributed by atoms with Crippen molar-refractivity contribution in [3.05, 3.63) is 94.9 Å². The van der Waals surface area contributed by atoms with Gasteiger partial charge in [-0.1, -0.05) is 66.7 Å². The van der Waals surface area contributed by atoms with Gasteiger partial charge in [0.1, 0.15) is 6.04 Å². The number of carboxylic acids is 1. The molecule has 2 aliphatic rings. The standard InChI is InChI=1S/C28H25N3O4S/c32-26-24(18-19-6-8-21(9-7-19)20-4-2-1-3-5-20)36-28(30-26)29-23-12-10-22(11-13-23)25(27(33)34)31-14-16-35-17-15-31/h1-13,18,25H,14-17H2,(H,33,34)(H,29,30,32)/b24-18+. The highest BCUT2D eigenvalue weighted by molar-refractivity contribution is 8.18. The molecule has 0 radical (unpaired) electrons. The average Bonchev–Trinajstić information content (AvgIpc) is 3.24. The Kier molecular flexibility index (Phi) is 7.27. The predicted molar refractivity (Wildman–Crippen MR) is 143 cm³/mol. The van der Waals surface area contributed by atoms with Crippen molar-refractivity contribution >= 4 is 40.6 Å². The van der Waals surface area contributed by atoms with E-state index in [0.29, 0.717) is 41.9 Å². The number of aliphatic imine (C=N–C) groups is 1. The van der Waals surface area contributed by atoms with Crippen molar-refractivity contribution in [3.8, 4) is 11.1 Å². The smallest absolute Gasteiger partial charge is 0.325 e. The lowest BCUT2D eigenvalue weighted by Gasteiger charge is -2.32. The second-order valence-corrected chi connectivity index (χ2v) is 9.49. The van der Waals surface area contributed by atoms with Gasteiger partial charge < -0.3 is 15.2 Å². The fourth-order valence-electron chi connectivity index (χ4n) is 4.23. The number of rotatable bonds is 6. The van der Waals surface area contributed by atoms with E-state index < -0.39 is 12.0 Å². The first-order valence-electron chi connectivity index (χ1n) is 11.7. The van der Waals surface area contributed by atoms with E-state index in [4.69, 9.17) is 4.74 Å². The Morgan fingerprint density at radius 2 is 1.64 bits per heavy atom. The number of carbonyl (C=O) groups excluding carboxylic acids is 1. The lowest BCUT2D eigenvalue weighted by Crippen LogP contribution is -2.42. The summed E-state index contributed by atoms with van der Waals surface area (Å²) in [4.78, 5) is 31.0. The van der Waals surface area contributed by atoms with Crippen LogP contribution < -0.4 is 5.32 Å². The lowest BCUT2D eigenvalue weighted by molar-refractivity contribution is -0.145. The fourth-order valence-corrected chi connectivity index (χ4v) is 5.07. The van der Waals surface area contributed by atoms with Gasteiger partial charge in [-0.05, 0) is 52.2 Å². The lowest BCUT2D eigenvalue weighted by atomic mass is 10.0. The molecule has 0 spiro atoms. The first-order chi connectivity index (χ1) is 17.6. The number of hydrogen-bond acceptors (Lipinski definition) is 6. The number of amides is 1. The molecule has 1 atom stereocenters. The number of carbonyl (C=O) groups is 2. The Morgan fingerprint density at radius 3 is 2.31 bits per heavy atom. The van der Waals surface area contributed by atoms with Crippen molar-refractivity contribution in [1.82, 2.24) is 4.90 Å². The second-order valence-electron chi connectivity index (χ2n) is 8.46. The van der Waals surface area contributed by atoms with Crippen LogP contribution >= 0.6 is 11.8 Å². The van der Waals surface area contributed by atoms with Crippen molar-refractivity contribution in [2.75, 3.05) is 31.6 Å². The molecule has 0 bridgehead atoms. The minimum absolute atomic E-state index is 0.287. The predicted octanol–water partition coefficient (Wildman–Crippen LogP) is 4.89. The van der Waals surface area contributed by atoms with Gasteiger partial charge in [0.05, 0.1) is 18.1 Å². The SMILES string of the molecule is O=C1N=C(Nc2ccc(C(C(=O)O)N3CCOCC3)cc2)S/C1=C/c1ccc(-c2ccccc2)cc1. The van der Waals surface area contributed by atoms with Crippen LogP contribution in [0.2, 0.25) is 0 Å². The number of nitrogens with one attached hydrogen (secondary N) is 1. The normalized spacial score (nSPS) is 18.2. The molecule has 182 valence electrons. The quantitative estimate of drug-likeness (QED) is 0.467. The molecule has 0 aliphatic carbocycles. The van der Waals surface area contributed by atoms with Crippen LogP contribution in [0.3, 0.4) is 0 Å². The van der Waals surface area contributed by atoms with Gasteiger partial charge in [0.25, 0.3) is 5.91 Å². The van der Waals surface area contributed by atoms with E-state index in [2.05, 4.69) is 22.4 Å². The fraction of sp³-hybridized carbons (Fsp3) is 0.179. The molecule has 0 aromatic heterocycles. The highest BCUT2D eigenvalue weighted by Crippen LogP contribution is 2.31. The van der Waals surface area contributed by atoms with Crippen molar-refractivity contribution in [2.24, 2.45) is 4.99 Å². The third-order valence-electron chi connectivity index (χ3n) is 6.06. The van der Waals surface area contributed by atoms with Gasteiger partial charge in [-0.2, -0.15) is 4.99 Å². The van der Waals surface area contributed by atoms with Gasteiger partial charge in [0.15, 0.2) is 5.17 Å². The van der Waals surface area contributed by atoms with Crippen LogP contribution in [0, 0.1) is 0 Å². The summed E-state index contributed by atoms with van der Waals surface area (Å²) in [5.74, 6) is -1.17. The maximum Gasteiger partial charge on any atom is 0.325 e. The molecule has 0 saturated carbocycles. The Hall–Kier alpha value is -3.72. The largest absolute Gasteiger partial charge is 0.480 e. The van der Waals surface area contributed by atoms with E-state index in [-0.39, 0.29) is 5.91 Å². The molecule has 3 aromatic carbocycles. The van der Waals surface area contributed by atoms with Crippen LogP contribution in [0.5, 0.6) is 0 Å². The van der Waals surface area contributed by atoms with E-state index >= 15 is 0 Å². The van der Waals surface area contributed by atoms with Crippen molar-refractivity contribution in [1.29, 1.82) is 0 Å². The molecule has 1 saturated heterocycles. The summed E-state index contributed by atoms with van der Waals surface area (Å²) in [5.41, 5.74) is 4.62. The molecule has 2 N–H and O–H groups in total. The zero-order chi connectivity index (χ0) is 24.9. The van der Waals surface area contributed by atoms with Crippen molar-refractivity contribution in [3.63, 3.8) is 0 Å². The van der Waals surface area contributed by atoms with E-state index in [0.717, 1.165) is 22.4 Å². The zero-order valence-electron chi connectivity index (χ0n) is 19.5. The number of amidine groups is 1. The number of nitrogens with zero attached hydrogens (tertiary/aromatic N) is 2. The number of anilines is 1. The molecule has 8 heteroatoms. The Bertz CT molecular complexity index is 1300. The molecule has 1 unspecified atom stereocenters. The van der Waals surface area contributed by atoms with E-state index in [1.807, 2.05) is 65.6 Å². The number of thioether (sulfide) groups is 1. The van der Waals surface area contributed by atoms with Gasteiger partial charge in [-0.25, -0.2) is 0 Å². The number of carboxylic acid groups (broad SMARTS) is 1. The van der Waals surface area contributed by atoms with E-state index in [1.165, 1.54) is 11.8 Å². The maximum absolute atomic E-state index is 12.5. The molecular formula is C28H25N3O4S. The van der Waals surface area contributed by atoms with E-state index in [9.17, 15) is 14.7 Å². The van der Waals surface area contributed by atoms with Gasteiger partial charge >= 0.3 is 5.97 Å². The van der Waals surface area contributed by atoms with Crippen molar-refractivity contribution in [2.45, 2.75) is 6.04 Å². The van der Waals surface area contributed by atoms with Crippen LogP contribution in [0.1, 0.15) is 17.2 Å². The molecule has 5 rings (SSSR count). The molecule has 1 amide bonds. The summed E-state index contributed by atoms with van der Waals surface area (Å²) < 4.78 is 5.35. The van der Waals surface area contributed by atoms with Gasteiger partial charge in [-0.15, -0.1) is 0 Å². The van der Waals surface area contributed by atoms with Crippen LogP contribution in [0.25, 0.3) is 17.2 Å². The number of aliphatic carboxylic acids is 1. The maximum atomic E-state index is 12.5. The highest BCUT2D eigenvalue weighted by atomic mass is 32.2. The summed E-state index contributed by atoms with van der Waals surface area (Å²) in [7, 11) is 0. The summed E-state index contributed by atoms with van der Waals surface area (Å²) in [6.45, 7) is 2.22. The Balaban J connectivity index is 1.23. The van der Waals surface area contributed by atoms with Crippen LogP contribution in [-0.2, 0) is 14.3 Å². The third kappa shape index (κ3) is 5.57. The van der Waals surface area contributed by atoms with Gasteiger partial charge in [-0.3, -0.25) is 14.5 Å². The average molecular weight is 500 g/mol. The summed E-state index contributed by atoms with van der Waals surface area (Å²) in [6, 6.07) is 24.7. The first-order valence-corrected chi connectivity index (χ1v) is 12.5. The molecule has 1 fully saturated rings. The second kappa shape index (κ2) is 10.9. The number of ether oxygens (including phenoxy) is 1. The van der Waals surface area contributed by atoms with Crippen molar-refractivity contribution < 1.29 is 19.4 Å². The number of morpholine rings is 1. The number of hydrogen-bond donors (Lipinski definition) is 2. The molecule has 3 aromatic rings. The summed E-state index contributed by atoms with van der Waals surface area (Å²) in [5, 5.41) is 13.4. The molecule has 2 heterocycles. The molecule has 7 nitrogen and oxygen atoms in total. The number of benzene rings is 3. The summed E-state index contributed by atoms with van der Waals surface area (Å²) in [6.07, 6.45) is 1.84. The minimum atomic E-state index is -0.884. The molecular weight excluding hydrogens is 474 g/mol. The minimum Gasteiger partial charge on any atom is -0.480 e. The van der Waals surface area contributed by atoms with Gasteiger partial charge in [0, 0.05) is 18.8 Å². The zero-order valence-corrected chi connectivity index (χ0v) is 20.3. The molecule has 36 heavy (non-hydrogen) atoms. The van der Waals surface area contributed by atoms with Gasteiger partial charge in [0.2, 0.25) is 0 Å². The Morgan fingerprint density at radius 1 is 0.972 bits per heavy atom. The van der Waals surface area contributed by atoms with Crippen LogP contribution in [0.15, 0.2) is 88.8 Å².